The standard InChI is InChI=1S/C26H32N2O5/c1-5-16-33-21-9-6-8-19(17-21)23-22(24(29)18-10-12-20(32-4)13-11-18)25(30)26(31)28(23)15-7-14-27(2)3/h6,8-13,17,23,29H,5,7,14-16H2,1-4H3/b24-22+/t23-/m0/s1. The number of hydrogen-bond acceptors (Lipinski definition) is 6. The second-order valence-corrected chi connectivity index (χ2v) is 8.30. The maximum absolute atomic E-state index is 13.1. The minimum Gasteiger partial charge on any atom is -0.507 e. The number of Topliss-reactive ketones (excluding diaryl/α,β-unsaturated/α-hetero) is 1. The topological polar surface area (TPSA) is 79.3 Å². The number of likely N-dealkylation sites (tertiary alicyclic amines) is 1. The molecule has 1 aliphatic rings. The van der Waals surface area contributed by atoms with Crippen molar-refractivity contribution in [2.24, 2.45) is 0 Å². The number of rotatable bonds is 10. The molecule has 0 aliphatic carbocycles. The molecule has 7 nitrogen and oxygen atoms in total. The van der Waals surface area contributed by atoms with Gasteiger partial charge in [-0.1, -0.05) is 19.1 Å². The molecule has 1 N–H and O–H groups in total. The fraction of sp³-hybridized carbons (Fsp3) is 0.385. The largest absolute Gasteiger partial charge is 0.507 e. The van der Waals surface area contributed by atoms with Gasteiger partial charge >= 0.3 is 0 Å². The molecule has 7 heteroatoms. The van der Waals surface area contributed by atoms with E-state index in [1.54, 1.807) is 36.3 Å². The van der Waals surface area contributed by atoms with Crippen molar-refractivity contribution in [3.63, 3.8) is 0 Å². The van der Waals surface area contributed by atoms with Crippen molar-refractivity contribution in [3.8, 4) is 11.5 Å². The summed E-state index contributed by atoms with van der Waals surface area (Å²) in [5.74, 6) is -0.187. The molecule has 1 aliphatic heterocycles. The number of ether oxygens (including phenoxy) is 2. The van der Waals surface area contributed by atoms with E-state index in [1.807, 2.05) is 50.2 Å². The number of aliphatic hydroxyl groups excluding tert-OH is 1. The zero-order chi connectivity index (χ0) is 24.0. The molecule has 1 atom stereocenters. The van der Waals surface area contributed by atoms with Gasteiger partial charge in [0.05, 0.1) is 25.3 Å². The van der Waals surface area contributed by atoms with E-state index in [0.29, 0.717) is 36.6 Å². The van der Waals surface area contributed by atoms with E-state index in [2.05, 4.69) is 0 Å². The summed E-state index contributed by atoms with van der Waals surface area (Å²) in [6, 6.07) is 13.4. The van der Waals surface area contributed by atoms with E-state index in [9.17, 15) is 14.7 Å². The molecule has 176 valence electrons. The summed E-state index contributed by atoms with van der Waals surface area (Å²) < 4.78 is 11.0. The van der Waals surface area contributed by atoms with E-state index in [1.165, 1.54) is 0 Å². The summed E-state index contributed by atoms with van der Waals surface area (Å²) in [5.41, 5.74) is 1.26. The van der Waals surface area contributed by atoms with E-state index in [4.69, 9.17) is 9.47 Å². The molecule has 0 bridgehead atoms. The van der Waals surface area contributed by atoms with Crippen LogP contribution in [0.5, 0.6) is 11.5 Å². The van der Waals surface area contributed by atoms with Crippen LogP contribution in [0.15, 0.2) is 54.1 Å². The first kappa shape index (κ1) is 24.3. The smallest absolute Gasteiger partial charge is 0.295 e. The first-order valence-electron chi connectivity index (χ1n) is 11.2. The summed E-state index contributed by atoms with van der Waals surface area (Å²) in [5, 5.41) is 11.1. The number of benzene rings is 2. The van der Waals surface area contributed by atoms with E-state index < -0.39 is 17.7 Å². The maximum Gasteiger partial charge on any atom is 0.295 e. The van der Waals surface area contributed by atoms with Crippen molar-refractivity contribution < 1.29 is 24.2 Å². The molecule has 2 aromatic carbocycles. The van der Waals surface area contributed by atoms with Crippen LogP contribution in [0, 0.1) is 0 Å². The Morgan fingerprint density at radius 3 is 2.45 bits per heavy atom. The minimum absolute atomic E-state index is 0.0858. The monoisotopic (exact) mass is 452 g/mol. The Kier molecular flexibility index (Phi) is 8.11. The van der Waals surface area contributed by atoms with Crippen molar-refractivity contribution in [2.75, 3.05) is 40.9 Å². The number of methoxy groups -OCH3 is 1. The molecule has 1 heterocycles. The Morgan fingerprint density at radius 1 is 1.09 bits per heavy atom. The highest BCUT2D eigenvalue weighted by Gasteiger charge is 2.45. The number of aliphatic hydroxyl groups is 1. The summed E-state index contributed by atoms with van der Waals surface area (Å²) in [7, 11) is 5.48. The highest BCUT2D eigenvalue weighted by molar-refractivity contribution is 6.46. The van der Waals surface area contributed by atoms with Crippen LogP contribution in [0.2, 0.25) is 0 Å². The van der Waals surface area contributed by atoms with Gasteiger partial charge in [0.15, 0.2) is 0 Å². The molecule has 33 heavy (non-hydrogen) atoms. The fourth-order valence-corrected chi connectivity index (χ4v) is 3.91. The van der Waals surface area contributed by atoms with Gasteiger partial charge in [-0.15, -0.1) is 0 Å². The first-order chi connectivity index (χ1) is 15.9. The number of carbonyl (C=O) groups is 2. The molecule has 0 unspecified atom stereocenters. The number of ketones is 1. The van der Waals surface area contributed by atoms with Gasteiger partial charge in [-0.25, -0.2) is 0 Å². The van der Waals surface area contributed by atoms with Crippen LogP contribution >= 0.6 is 0 Å². The third kappa shape index (κ3) is 5.54. The Balaban J connectivity index is 2.07. The zero-order valence-corrected chi connectivity index (χ0v) is 19.7. The Bertz CT molecular complexity index is 1010. The molecule has 1 amide bonds. The molecule has 0 saturated carbocycles. The van der Waals surface area contributed by atoms with Gasteiger partial charge in [-0.2, -0.15) is 0 Å². The zero-order valence-electron chi connectivity index (χ0n) is 19.7. The van der Waals surface area contributed by atoms with Crippen molar-refractivity contribution in [1.29, 1.82) is 0 Å². The Hall–Kier alpha value is -3.32. The van der Waals surface area contributed by atoms with Crippen LogP contribution in [-0.2, 0) is 9.59 Å². The third-order valence-electron chi connectivity index (χ3n) is 5.55. The number of carbonyl (C=O) groups excluding carboxylic acids is 2. The van der Waals surface area contributed by atoms with Gasteiger partial charge in [-0.3, -0.25) is 9.59 Å². The highest BCUT2D eigenvalue weighted by atomic mass is 16.5. The van der Waals surface area contributed by atoms with Crippen molar-refractivity contribution >= 4 is 17.4 Å². The van der Waals surface area contributed by atoms with Crippen LogP contribution in [-0.4, -0.2) is 67.5 Å². The first-order valence-corrected chi connectivity index (χ1v) is 11.2. The van der Waals surface area contributed by atoms with Gasteiger partial charge < -0.3 is 24.4 Å². The second-order valence-electron chi connectivity index (χ2n) is 8.30. The van der Waals surface area contributed by atoms with Gasteiger partial charge in [-0.05, 0) is 75.4 Å². The van der Waals surface area contributed by atoms with Crippen LogP contribution in [0.1, 0.15) is 36.9 Å². The molecule has 0 aromatic heterocycles. The van der Waals surface area contributed by atoms with Crippen molar-refractivity contribution in [2.45, 2.75) is 25.8 Å². The quantitative estimate of drug-likeness (QED) is 0.335. The molecule has 0 spiro atoms. The highest BCUT2D eigenvalue weighted by Crippen LogP contribution is 2.40. The number of nitrogens with zero attached hydrogens (tertiary/aromatic N) is 2. The number of amides is 1. The maximum atomic E-state index is 13.1. The summed E-state index contributed by atoms with van der Waals surface area (Å²) in [6.45, 7) is 3.76. The molecule has 1 saturated heterocycles. The second kappa shape index (κ2) is 11.0. The van der Waals surface area contributed by atoms with Gasteiger partial charge in [0, 0.05) is 12.1 Å². The Morgan fingerprint density at radius 2 is 1.82 bits per heavy atom. The van der Waals surface area contributed by atoms with Gasteiger partial charge in [0.1, 0.15) is 17.3 Å². The predicted molar refractivity (Wildman–Crippen MR) is 127 cm³/mol. The molecule has 3 rings (SSSR count). The normalized spacial score (nSPS) is 17.6. The lowest BCUT2D eigenvalue weighted by Gasteiger charge is -2.26. The molecule has 1 fully saturated rings. The SMILES string of the molecule is CCCOc1cccc([C@H]2/C(=C(\O)c3ccc(OC)cc3)C(=O)C(=O)N2CCCN(C)C)c1. The predicted octanol–water partition coefficient (Wildman–Crippen LogP) is 3.86. The molecular weight excluding hydrogens is 420 g/mol. The van der Waals surface area contributed by atoms with Crippen LogP contribution in [0.25, 0.3) is 5.76 Å². The average Bonchev–Trinajstić information content (AvgIpc) is 3.07. The lowest BCUT2D eigenvalue weighted by atomic mass is 9.95. The summed E-state index contributed by atoms with van der Waals surface area (Å²) >= 11 is 0. The van der Waals surface area contributed by atoms with Crippen LogP contribution in [0.4, 0.5) is 0 Å². The van der Waals surface area contributed by atoms with Crippen molar-refractivity contribution in [3.05, 3.63) is 65.2 Å². The molecule has 2 aromatic rings. The van der Waals surface area contributed by atoms with E-state index in [-0.39, 0.29) is 11.3 Å². The van der Waals surface area contributed by atoms with Gasteiger partial charge in [0.2, 0.25) is 0 Å². The minimum atomic E-state index is -0.695. The molecule has 0 radical (unpaired) electrons. The number of hydrogen-bond donors (Lipinski definition) is 1. The Labute approximate surface area is 195 Å². The van der Waals surface area contributed by atoms with Crippen LogP contribution < -0.4 is 9.47 Å². The van der Waals surface area contributed by atoms with Crippen molar-refractivity contribution in [1.82, 2.24) is 9.80 Å². The summed E-state index contributed by atoms with van der Waals surface area (Å²) in [6.07, 6.45) is 1.57. The fourth-order valence-electron chi connectivity index (χ4n) is 3.91. The average molecular weight is 453 g/mol. The third-order valence-corrected chi connectivity index (χ3v) is 5.55. The lowest BCUT2D eigenvalue weighted by molar-refractivity contribution is -0.139. The molecular formula is C26H32N2O5. The summed E-state index contributed by atoms with van der Waals surface area (Å²) in [4.78, 5) is 29.7. The van der Waals surface area contributed by atoms with E-state index >= 15 is 0 Å². The lowest BCUT2D eigenvalue weighted by Crippen LogP contribution is -2.32. The van der Waals surface area contributed by atoms with Gasteiger partial charge in [0.25, 0.3) is 11.7 Å². The van der Waals surface area contributed by atoms with Crippen LogP contribution in [0.3, 0.4) is 0 Å². The van der Waals surface area contributed by atoms with E-state index in [0.717, 1.165) is 18.5 Å².